The Morgan fingerprint density at radius 2 is 1.46 bits per heavy atom. The van der Waals surface area contributed by atoms with Crippen LogP contribution in [0.5, 0.6) is 0 Å². The highest BCUT2D eigenvalue weighted by Gasteiger charge is 2.32. The zero-order valence-electron chi connectivity index (χ0n) is 17.2. The van der Waals surface area contributed by atoms with E-state index in [2.05, 4.69) is 102 Å². The van der Waals surface area contributed by atoms with Crippen molar-refractivity contribution >= 4 is 11.0 Å². The summed E-state index contributed by atoms with van der Waals surface area (Å²) in [6.45, 7) is 15.8. The fourth-order valence-electron chi connectivity index (χ4n) is 3.86. The summed E-state index contributed by atoms with van der Waals surface area (Å²) in [5.41, 5.74) is 7.59. The van der Waals surface area contributed by atoms with Gasteiger partial charge in [-0.15, -0.1) is 0 Å². The van der Waals surface area contributed by atoms with E-state index >= 15 is 0 Å². The number of para-hydroxylation sites is 2. The molecule has 0 unspecified atom stereocenters. The number of nitrogens with zero attached hydrogens (tertiary/aromatic N) is 2. The first-order valence-electron chi connectivity index (χ1n) is 9.48. The maximum atomic E-state index is 4.92. The van der Waals surface area contributed by atoms with Crippen LogP contribution >= 0.6 is 0 Å². The molecule has 0 N–H and O–H groups in total. The highest BCUT2D eigenvalue weighted by Crippen LogP contribution is 2.28. The minimum atomic E-state index is -0.0146. The molecule has 136 valence electrons. The lowest BCUT2D eigenvalue weighted by atomic mass is 9.82. The molecular formula is C24H31N2+. The number of fused-ring (bicyclic) bond motifs is 1. The smallest absolute Gasteiger partial charge is 0.231 e. The van der Waals surface area contributed by atoms with Crippen LogP contribution in [0.1, 0.15) is 64.1 Å². The van der Waals surface area contributed by atoms with Gasteiger partial charge >= 0.3 is 0 Å². The molecule has 0 saturated carbocycles. The summed E-state index contributed by atoms with van der Waals surface area (Å²) in [6.07, 6.45) is 0.897. The van der Waals surface area contributed by atoms with E-state index in [9.17, 15) is 0 Å². The Balaban J connectivity index is 2.26. The molecule has 1 heterocycles. The fraction of sp³-hybridized carbons (Fsp3) is 0.417. The number of hydrogen-bond acceptors (Lipinski definition) is 1. The van der Waals surface area contributed by atoms with Crippen LogP contribution < -0.4 is 4.57 Å². The average molecular weight is 348 g/mol. The van der Waals surface area contributed by atoms with Crippen molar-refractivity contribution in [3.8, 4) is 0 Å². The molecule has 0 bridgehead atoms. The lowest BCUT2D eigenvalue weighted by Gasteiger charge is -2.24. The lowest BCUT2D eigenvalue weighted by Crippen LogP contribution is -2.54. The van der Waals surface area contributed by atoms with Gasteiger partial charge in [-0.1, -0.05) is 57.2 Å². The molecule has 26 heavy (non-hydrogen) atoms. The molecule has 0 aliphatic rings. The molecule has 3 aromatic rings. The largest absolute Gasteiger partial charge is 0.240 e. The zero-order chi connectivity index (χ0) is 19.1. The van der Waals surface area contributed by atoms with Gasteiger partial charge in [0.2, 0.25) is 11.2 Å². The van der Waals surface area contributed by atoms with E-state index in [0.717, 1.165) is 17.6 Å². The van der Waals surface area contributed by atoms with Crippen molar-refractivity contribution in [3.05, 3.63) is 71.0 Å². The maximum absolute atomic E-state index is 4.92. The molecule has 0 saturated heterocycles. The molecule has 0 fully saturated rings. The molecule has 2 heteroatoms. The van der Waals surface area contributed by atoms with E-state index in [1.807, 2.05) is 0 Å². The third-order valence-electron chi connectivity index (χ3n) is 4.95. The highest BCUT2D eigenvalue weighted by molar-refractivity contribution is 5.71. The van der Waals surface area contributed by atoms with Crippen LogP contribution in [0.4, 0.5) is 0 Å². The molecule has 3 rings (SSSR count). The van der Waals surface area contributed by atoms with E-state index in [-0.39, 0.29) is 11.0 Å². The van der Waals surface area contributed by atoms with Gasteiger partial charge in [-0.05, 0) is 29.5 Å². The second-order valence-corrected chi connectivity index (χ2v) is 9.22. The van der Waals surface area contributed by atoms with E-state index in [0.29, 0.717) is 0 Å². The van der Waals surface area contributed by atoms with Crippen LogP contribution in [0, 0.1) is 6.92 Å². The fourth-order valence-corrected chi connectivity index (χ4v) is 3.86. The van der Waals surface area contributed by atoms with Crippen molar-refractivity contribution in [2.75, 3.05) is 0 Å². The Bertz CT molecular complexity index is 941. The van der Waals surface area contributed by atoms with Gasteiger partial charge in [0.25, 0.3) is 0 Å². The second kappa shape index (κ2) is 6.50. The second-order valence-electron chi connectivity index (χ2n) is 9.22. The summed E-state index contributed by atoms with van der Waals surface area (Å²) in [5.74, 6) is 0. The van der Waals surface area contributed by atoms with Crippen molar-refractivity contribution in [1.82, 2.24) is 4.98 Å². The highest BCUT2D eigenvalue weighted by atomic mass is 15.1. The molecule has 2 nitrogen and oxygen atoms in total. The van der Waals surface area contributed by atoms with Crippen LogP contribution in [-0.4, -0.2) is 4.98 Å². The predicted molar refractivity (Wildman–Crippen MR) is 110 cm³/mol. The molecule has 0 atom stereocenters. The first-order valence-corrected chi connectivity index (χ1v) is 9.48. The topological polar surface area (TPSA) is 16.8 Å². The molecule has 0 amide bonds. The van der Waals surface area contributed by atoms with Crippen LogP contribution in [0.3, 0.4) is 0 Å². The Labute approximate surface area is 157 Å². The van der Waals surface area contributed by atoms with Crippen LogP contribution in [-0.2, 0) is 17.4 Å². The summed E-state index contributed by atoms with van der Waals surface area (Å²) < 4.78 is 2.48. The zero-order valence-corrected chi connectivity index (χ0v) is 17.2. The summed E-state index contributed by atoms with van der Waals surface area (Å²) in [6, 6.07) is 17.3. The summed E-state index contributed by atoms with van der Waals surface area (Å²) >= 11 is 0. The Morgan fingerprint density at radius 1 is 0.846 bits per heavy atom. The van der Waals surface area contributed by atoms with Gasteiger partial charge in [-0.2, -0.15) is 4.57 Å². The average Bonchev–Trinajstić information content (AvgIpc) is 2.53. The normalized spacial score (nSPS) is 12.6. The molecule has 0 aliphatic carbocycles. The van der Waals surface area contributed by atoms with Crippen molar-refractivity contribution in [2.24, 2.45) is 0 Å². The first-order chi connectivity index (χ1) is 12.1. The molecular weight excluding hydrogens is 316 g/mol. The molecule has 1 aromatic heterocycles. The number of aromatic nitrogens is 2. The van der Waals surface area contributed by atoms with E-state index < -0.39 is 0 Å². The van der Waals surface area contributed by atoms with Crippen molar-refractivity contribution in [3.63, 3.8) is 0 Å². The van der Waals surface area contributed by atoms with Crippen molar-refractivity contribution in [1.29, 1.82) is 0 Å². The maximum Gasteiger partial charge on any atom is 0.231 e. The number of aryl methyl sites for hydroxylation is 1. The first kappa shape index (κ1) is 18.6. The van der Waals surface area contributed by atoms with Gasteiger partial charge in [0, 0.05) is 26.8 Å². The third kappa shape index (κ3) is 3.51. The Morgan fingerprint density at radius 3 is 2.12 bits per heavy atom. The van der Waals surface area contributed by atoms with Crippen LogP contribution in [0.25, 0.3) is 11.0 Å². The standard InChI is InChI=1S/C24H31N2/c1-17-22(16-18-12-8-9-13-19(18)23(2,3)4)26(24(5,6)7)21-15-11-10-14-20(21)25-17/h8-15H,16H2,1-7H3/q+1. The SMILES string of the molecule is Cc1nc2ccccc2[n+](C(C)(C)C)c1Cc1ccccc1C(C)(C)C. The quantitative estimate of drug-likeness (QED) is 0.561. The van der Waals surface area contributed by atoms with Gasteiger partial charge in [0.05, 0.1) is 6.42 Å². The minimum absolute atomic E-state index is 0.0146. The monoisotopic (exact) mass is 347 g/mol. The van der Waals surface area contributed by atoms with Gasteiger partial charge in [-0.25, -0.2) is 4.98 Å². The van der Waals surface area contributed by atoms with Crippen LogP contribution in [0.15, 0.2) is 48.5 Å². The molecule has 0 radical (unpaired) electrons. The van der Waals surface area contributed by atoms with E-state index in [1.54, 1.807) is 0 Å². The van der Waals surface area contributed by atoms with E-state index in [4.69, 9.17) is 4.98 Å². The number of rotatable bonds is 2. The third-order valence-corrected chi connectivity index (χ3v) is 4.95. The minimum Gasteiger partial charge on any atom is -0.240 e. The van der Waals surface area contributed by atoms with Gasteiger partial charge < -0.3 is 0 Å². The Kier molecular flexibility index (Phi) is 4.64. The number of hydrogen-bond donors (Lipinski definition) is 0. The Hall–Kier alpha value is -2.22. The van der Waals surface area contributed by atoms with Gasteiger partial charge in [-0.3, -0.25) is 0 Å². The molecule has 0 aliphatic heterocycles. The summed E-state index contributed by atoms with van der Waals surface area (Å²) in [4.78, 5) is 4.92. The van der Waals surface area contributed by atoms with Crippen molar-refractivity contribution < 1.29 is 4.57 Å². The lowest BCUT2D eigenvalue weighted by molar-refractivity contribution is -0.737. The summed E-state index contributed by atoms with van der Waals surface area (Å²) in [5, 5.41) is 0. The van der Waals surface area contributed by atoms with Crippen molar-refractivity contribution in [2.45, 2.75) is 65.8 Å². The van der Waals surface area contributed by atoms with Crippen LogP contribution in [0.2, 0.25) is 0 Å². The van der Waals surface area contributed by atoms with Gasteiger partial charge in [0.15, 0.2) is 5.54 Å². The molecule has 2 aromatic carbocycles. The van der Waals surface area contributed by atoms with Gasteiger partial charge in [0.1, 0.15) is 11.2 Å². The molecule has 0 spiro atoms. The predicted octanol–water partition coefficient (Wildman–Crippen LogP) is 5.47. The van der Waals surface area contributed by atoms with E-state index in [1.165, 1.54) is 22.3 Å². The summed E-state index contributed by atoms with van der Waals surface area (Å²) in [7, 11) is 0. The number of benzene rings is 2.